The minimum absolute atomic E-state index is 0.205. The second-order valence-corrected chi connectivity index (χ2v) is 16.4. The molecule has 3 aliphatic rings. The van der Waals surface area contributed by atoms with Crippen molar-refractivity contribution in [1.29, 1.82) is 0 Å². The van der Waals surface area contributed by atoms with Crippen molar-refractivity contribution >= 4 is 45.4 Å². The van der Waals surface area contributed by atoms with E-state index in [1.54, 1.807) is 0 Å². The van der Waals surface area contributed by atoms with Gasteiger partial charge in [0, 0.05) is 62.3 Å². The summed E-state index contributed by atoms with van der Waals surface area (Å²) in [6.07, 6.45) is 9.81. The number of para-hydroxylation sites is 2. The highest BCUT2D eigenvalue weighted by Crippen LogP contribution is 2.57. The summed E-state index contributed by atoms with van der Waals surface area (Å²) in [5.41, 5.74) is 18.0. The fourth-order valence-electron chi connectivity index (χ4n) is 10.6. The zero-order chi connectivity index (χ0) is 39.1. The van der Waals surface area contributed by atoms with Crippen LogP contribution >= 0.6 is 0 Å². The summed E-state index contributed by atoms with van der Waals surface area (Å²) in [6.45, 7) is 2.39. The van der Waals surface area contributed by atoms with Crippen LogP contribution in [0.1, 0.15) is 58.2 Å². The molecule has 1 atom stereocenters. The third-order valence-electron chi connectivity index (χ3n) is 13.2. The van der Waals surface area contributed by atoms with Crippen LogP contribution in [0.4, 0.5) is 11.4 Å². The molecule has 2 heterocycles. The van der Waals surface area contributed by atoms with Gasteiger partial charge in [0.15, 0.2) is 0 Å². The van der Waals surface area contributed by atoms with Crippen LogP contribution in [-0.4, -0.2) is 4.57 Å². The van der Waals surface area contributed by atoms with Crippen molar-refractivity contribution in [3.8, 4) is 16.8 Å². The minimum Gasteiger partial charge on any atom is -0.456 e. The Morgan fingerprint density at radius 1 is 0.627 bits per heavy atom. The number of furan rings is 1. The van der Waals surface area contributed by atoms with E-state index in [4.69, 9.17) is 4.42 Å². The van der Waals surface area contributed by atoms with Crippen molar-refractivity contribution in [3.05, 3.63) is 233 Å². The van der Waals surface area contributed by atoms with Crippen LogP contribution in [0.15, 0.2) is 192 Å². The molecule has 12 rings (SSSR count). The Bertz CT molecular complexity index is 3110. The third-order valence-corrected chi connectivity index (χ3v) is 13.2. The number of nitrogens with zero attached hydrogens (tertiary/aromatic N) is 2. The first-order valence-corrected chi connectivity index (χ1v) is 21.0. The average Bonchev–Trinajstić information content (AvgIpc) is 3.93. The fraction of sp³-hybridized carbons (Fsp3) is 0.107. The first-order chi connectivity index (χ1) is 29.2. The average molecular weight is 759 g/mol. The Morgan fingerprint density at radius 2 is 1.29 bits per heavy atom. The Morgan fingerprint density at radius 3 is 2.08 bits per heavy atom. The molecular weight excluding hydrogens is 717 g/mol. The summed E-state index contributed by atoms with van der Waals surface area (Å²) in [5.74, 6) is 1.19. The van der Waals surface area contributed by atoms with Gasteiger partial charge in [0.05, 0.1) is 10.9 Å². The molecule has 0 N–H and O–H groups in total. The highest BCUT2D eigenvalue weighted by atomic mass is 16.3. The monoisotopic (exact) mass is 758 g/mol. The maximum atomic E-state index is 6.63. The van der Waals surface area contributed by atoms with Gasteiger partial charge in [-0.2, -0.15) is 0 Å². The Kier molecular flexibility index (Phi) is 7.62. The zero-order valence-corrected chi connectivity index (χ0v) is 33.0. The molecule has 0 aliphatic heterocycles. The van der Waals surface area contributed by atoms with Gasteiger partial charge in [0.25, 0.3) is 0 Å². The predicted molar refractivity (Wildman–Crippen MR) is 244 cm³/mol. The van der Waals surface area contributed by atoms with Gasteiger partial charge in [-0.25, -0.2) is 0 Å². The predicted octanol–water partition coefficient (Wildman–Crippen LogP) is 14.1. The molecule has 0 radical (unpaired) electrons. The molecule has 3 heteroatoms. The van der Waals surface area contributed by atoms with Gasteiger partial charge >= 0.3 is 0 Å². The Hall–Kier alpha value is -7.10. The molecule has 0 saturated heterocycles. The van der Waals surface area contributed by atoms with Gasteiger partial charge in [0.1, 0.15) is 11.3 Å². The van der Waals surface area contributed by atoms with Crippen molar-refractivity contribution in [3.63, 3.8) is 0 Å². The third kappa shape index (κ3) is 5.01. The molecule has 59 heavy (non-hydrogen) atoms. The number of rotatable bonds is 6. The van der Waals surface area contributed by atoms with Crippen molar-refractivity contribution in [1.82, 2.24) is 4.57 Å². The molecule has 0 saturated carbocycles. The van der Waals surface area contributed by atoms with E-state index in [1.165, 1.54) is 77.9 Å². The normalized spacial score (nSPS) is 16.0. The van der Waals surface area contributed by atoms with Crippen LogP contribution < -0.4 is 4.90 Å². The Balaban J connectivity index is 1.13. The van der Waals surface area contributed by atoms with E-state index < -0.39 is 5.41 Å². The molecule has 0 spiro atoms. The van der Waals surface area contributed by atoms with Gasteiger partial charge in [0.2, 0.25) is 0 Å². The lowest BCUT2D eigenvalue weighted by molar-refractivity contribution is 0.595. The minimum atomic E-state index is -0.505. The van der Waals surface area contributed by atoms with Crippen LogP contribution in [-0.2, 0) is 18.3 Å². The molecule has 0 fully saturated rings. The molecule has 282 valence electrons. The molecule has 3 nitrogen and oxygen atoms in total. The molecular formula is C56H42N2O. The summed E-state index contributed by atoms with van der Waals surface area (Å²) >= 11 is 0. The van der Waals surface area contributed by atoms with E-state index in [2.05, 4.69) is 211 Å². The summed E-state index contributed by atoms with van der Waals surface area (Å²) in [4.78, 5) is 2.53. The molecule has 0 amide bonds. The lowest BCUT2D eigenvalue weighted by Crippen LogP contribution is -2.29. The van der Waals surface area contributed by atoms with Gasteiger partial charge in [-0.15, -0.1) is 0 Å². The Labute approximate surface area is 344 Å². The zero-order valence-electron chi connectivity index (χ0n) is 33.0. The highest BCUT2D eigenvalue weighted by Gasteiger charge is 2.46. The maximum absolute atomic E-state index is 6.63. The van der Waals surface area contributed by atoms with E-state index in [9.17, 15) is 0 Å². The number of fused-ring (bicyclic) bond motifs is 9. The topological polar surface area (TPSA) is 21.3 Å². The SMILES string of the molecule is CC1Cc2c(c3ccccc3n2-c2ccccc2)C=C1N(c1ccc2c(c1)C(c1ccccc1)(c1ccccc1)c1ccccc1-2)c1ccc2c3c(oc2c1)C=CCC3. The lowest BCUT2D eigenvalue weighted by atomic mass is 9.67. The van der Waals surface area contributed by atoms with Gasteiger partial charge < -0.3 is 13.9 Å². The van der Waals surface area contributed by atoms with E-state index in [0.29, 0.717) is 0 Å². The molecule has 2 aromatic heterocycles. The van der Waals surface area contributed by atoms with Gasteiger partial charge in [-0.05, 0) is 107 Å². The first-order valence-electron chi connectivity index (χ1n) is 21.0. The van der Waals surface area contributed by atoms with Crippen molar-refractivity contribution in [2.45, 2.75) is 31.6 Å². The standard InChI is InChI=1S/C56H42N2O/c1-37-33-53-48(45-24-12-15-27-51(45)58(53)40-21-9-4-10-22-40)36-52(37)57(42-30-32-47-46-25-13-16-28-54(46)59-55(47)35-42)41-29-31-44-43-23-11-14-26-49(43)56(50(44)34-41,38-17-5-2-6-18-38)39-19-7-3-8-20-39/h2-12,14-24,26-32,34-37H,13,25,33H2,1H3. The second-order valence-electron chi connectivity index (χ2n) is 16.4. The lowest BCUT2D eigenvalue weighted by Gasteiger charge is -2.36. The van der Waals surface area contributed by atoms with Crippen LogP contribution in [0.3, 0.4) is 0 Å². The van der Waals surface area contributed by atoms with E-state index >= 15 is 0 Å². The van der Waals surface area contributed by atoms with Crippen LogP contribution in [0.25, 0.3) is 50.8 Å². The van der Waals surface area contributed by atoms with E-state index in [1.807, 2.05) is 0 Å². The van der Waals surface area contributed by atoms with Crippen LogP contribution in [0.5, 0.6) is 0 Å². The number of anilines is 2. The van der Waals surface area contributed by atoms with Crippen LogP contribution in [0, 0.1) is 5.92 Å². The van der Waals surface area contributed by atoms with E-state index in [-0.39, 0.29) is 5.92 Å². The van der Waals surface area contributed by atoms with Crippen molar-refractivity contribution in [2.24, 2.45) is 5.92 Å². The second kappa shape index (κ2) is 13.2. The summed E-state index contributed by atoms with van der Waals surface area (Å²) in [5, 5.41) is 2.48. The quantitative estimate of drug-likeness (QED) is 0.168. The van der Waals surface area contributed by atoms with Crippen molar-refractivity contribution in [2.75, 3.05) is 4.90 Å². The molecule has 0 bridgehead atoms. The molecule has 7 aromatic carbocycles. The smallest absolute Gasteiger partial charge is 0.137 e. The van der Waals surface area contributed by atoms with Gasteiger partial charge in [-0.1, -0.05) is 140 Å². The largest absolute Gasteiger partial charge is 0.456 e. The summed E-state index contributed by atoms with van der Waals surface area (Å²) < 4.78 is 9.10. The summed E-state index contributed by atoms with van der Waals surface area (Å²) in [7, 11) is 0. The first kappa shape index (κ1) is 34.0. The van der Waals surface area contributed by atoms with Gasteiger partial charge in [-0.3, -0.25) is 0 Å². The number of benzene rings is 7. The van der Waals surface area contributed by atoms with Crippen LogP contribution in [0.2, 0.25) is 0 Å². The number of allylic oxidation sites excluding steroid dienone is 2. The number of aromatic nitrogens is 1. The molecule has 3 aliphatic carbocycles. The number of hydrogen-bond acceptors (Lipinski definition) is 2. The van der Waals surface area contributed by atoms with E-state index in [0.717, 1.165) is 42.0 Å². The fourth-order valence-corrected chi connectivity index (χ4v) is 10.6. The summed E-state index contributed by atoms with van der Waals surface area (Å²) in [6, 6.07) is 65.0. The maximum Gasteiger partial charge on any atom is 0.137 e. The number of hydrogen-bond donors (Lipinski definition) is 0. The molecule has 1 unspecified atom stereocenters. The number of aryl methyl sites for hydroxylation is 1. The highest BCUT2D eigenvalue weighted by molar-refractivity contribution is 5.96. The van der Waals surface area contributed by atoms with Crippen molar-refractivity contribution < 1.29 is 4.42 Å². The molecule has 9 aromatic rings.